The lowest BCUT2D eigenvalue weighted by Crippen LogP contribution is -2.43. The average Bonchev–Trinajstić information content (AvgIpc) is 3.43. The first-order valence-electron chi connectivity index (χ1n) is 10.2. The number of hydrogen-bond donors (Lipinski definition) is 1. The summed E-state index contributed by atoms with van der Waals surface area (Å²) in [6.07, 6.45) is 2.17. The fourth-order valence-electron chi connectivity index (χ4n) is 3.67. The van der Waals surface area contributed by atoms with E-state index in [9.17, 15) is 18.0 Å². The molecule has 3 rings (SSSR count). The summed E-state index contributed by atoms with van der Waals surface area (Å²) in [6.45, 7) is 1.99. The predicted octanol–water partition coefficient (Wildman–Crippen LogP) is 2.66. The first kappa shape index (κ1) is 24.9. The van der Waals surface area contributed by atoms with E-state index >= 15 is 0 Å². The Morgan fingerprint density at radius 2 is 1.94 bits per heavy atom. The molecule has 0 saturated carbocycles. The Labute approximate surface area is 197 Å². The smallest absolute Gasteiger partial charge is 0.354 e. The van der Waals surface area contributed by atoms with Crippen LogP contribution in [0.1, 0.15) is 30.3 Å². The second-order valence-corrected chi connectivity index (χ2v) is 9.64. The lowest BCUT2D eigenvalue weighted by atomic mass is 10.2. The van der Waals surface area contributed by atoms with Gasteiger partial charge in [0.05, 0.1) is 25.8 Å². The molecule has 2 aromatic rings. The molecule has 1 N–H and O–H groups in total. The molecule has 1 aliphatic heterocycles. The number of ether oxygens (including phenoxy) is 3. The van der Waals surface area contributed by atoms with Gasteiger partial charge in [0.15, 0.2) is 0 Å². The fourth-order valence-corrected chi connectivity index (χ4v) is 5.65. The number of sulfonamides is 1. The van der Waals surface area contributed by atoms with Crippen LogP contribution >= 0.6 is 11.6 Å². The molecule has 10 nitrogen and oxygen atoms in total. The first-order chi connectivity index (χ1) is 15.6. The second kappa shape index (κ2) is 10.0. The number of carbonyl (C=O) groups is 2. The zero-order chi connectivity index (χ0) is 24.3. The molecule has 33 heavy (non-hydrogen) atoms. The van der Waals surface area contributed by atoms with Gasteiger partial charge in [0.2, 0.25) is 15.9 Å². The Hall–Kier alpha value is -2.76. The number of hydrogen-bond acceptors (Lipinski definition) is 7. The van der Waals surface area contributed by atoms with E-state index in [0.717, 1.165) is 4.31 Å². The number of amides is 1. The molecule has 1 amide bonds. The van der Waals surface area contributed by atoms with Crippen LogP contribution in [0.15, 0.2) is 29.3 Å². The summed E-state index contributed by atoms with van der Waals surface area (Å²) >= 11 is 6.29. The molecular formula is C21H26ClN3O7S. The third-order valence-corrected chi connectivity index (χ3v) is 7.48. The summed E-state index contributed by atoms with van der Waals surface area (Å²) in [5.74, 6) is -0.440. The summed E-state index contributed by atoms with van der Waals surface area (Å²) in [6, 6.07) is 3.38. The van der Waals surface area contributed by atoms with Crippen molar-refractivity contribution in [1.29, 1.82) is 0 Å². The molecule has 1 aliphatic rings. The van der Waals surface area contributed by atoms with Gasteiger partial charge in [0.1, 0.15) is 33.8 Å². The topological polar surface area (TPSA) is 116 Å². The Morgan fingerprint density at radius 1 is 1.21 bits per heavy atom. The molecule has 0 radical (unpaired) electrons. The molecule has 1 saturated heterocycles. The van der Waals surface area contributed by atoms with Gasteiger partial charge in [-0.2, -0.15) is 4.31 Å². The van der Waals surface area contributed by atoms with Gasteiger partial charge in [0.25, 0.3) is 0 Å². The number of nitrogens with zero attached hydrogens (tertiary/aromatic N) is 2. The van der Waals surface area contributed by atoms with Crippen LogP contribution in [0, 0.1) is 0 Å². The van der Waals surface area contributed by atoms with Gasteiger partial charge >= 0.3 is 5.97 Å². The van der Waals surface area contributed by atoms with Gasteiger partial charge in [0, 0.05) is 31.9 Å². The summed E-state index contributed by atoms with van der Waals surface area (Å²) in [5, 5.41) is 2.88. The van der Waals surface area contributed by atoms with Crippen molar-refractivity contribution in [1.82, 2.24) is 8.87 Å². The van der Waals surface area contributed by atoms with E-state index in [-0.39, 0.29) is 40.2 Å². The van der Waals surface area contributed by atoms with Crippen molar-refractivity contribution in [3.05, 3.63) is 35.1 Å². The minimum atomic E-state index is -4.05. The van der Waals surface area contributed by atoms with Crippen molar-refractivity contribution in [2.75, 3.05) is 32.7 Å². The maximum atomic E-state index is 13.3. The lowest BCUT2D eigenvalue weighted by molar-refractivity contribution is -0.119. The Bertz CT molecular complexity index is 1160. The highest BCUT2D eigenvalue weighted by Gasteiger charge is 2.40. The van der Waals surface area contributed by atoms with Crippen LogP contribution in [-0.4, -0.2) is 62.6 Å². The van der Waals surface area contributed by atoms with Crippen molar-refractivity contribution >= 4 is 39.2 Å². The molecule has 0 spiro atoms. The number of carbonyl (C=O) groups excluding carboxylic acids is 2. The van der Waals surface area contributed by atoms with Gasteiger partial charge in [-0.15, -0.1) is 0 Å². The fraction of sp³-hybridized carbons (Fsp3) is 0.429. The third kappa shape index (κ3) is 4.94. The maximum Gasteiger partial charge on any atom is 0.354 e. The van der Waals surface area contributed by atoms with Crippen molar-refractivity contribution in [3.8, 4) is 11.5 Å². The molecule has 1 fully saturated rings. The molecule has 0 aliphatic carbocycles. The summed E-state index contributed by atoms with van der Waals surface area (Å²) in [7, 11) is 0.395. The molecule has 2 heterocycles. The Balaban J connectivity index is 1.87. The van der Waals surface area contributed by atoms with Crippen molar-refractivity contribution < 1.29 is 32.2 Å². The first-order valence-corrected chi connectivity index (χ1v) is 12.0. The standard InChI is InChI=1S/C21H26ClN3O7S/c1-5-32-21(27)17-11-14(12-24(17)2)33(28,29)25-8-6-7-16(25)20(26)23-19-15(22)9-13(30-3)10-18(19)31-4/h9-12,16H,5-8H2,1-4H3,(H,23,26)/t16-/m1/s1. The average molecular weight is 500 g/mol. The Morgan fingerprint density at radius 3 is 2.58 bits per heavy atom. The SMILES string of the molecule is CCOC(=O)c1cc(S(=O)(=O)N2CCC[C@@H]2C(=O)Nc2c(Cl)cc(OC)cc2OC)cn1C. The van der Waals surface area contributed by atoms with E-state index in [4.69, 9.17) is 25.8 Å². The molecule has 1 atom stereocenters. The molecule has 1 aromatic carbocycles. The highest BCUT2D eigenvalue weighted by Crippen LogP contribution is 2.37. The van der Waals surface area contributed by atoms with Gasteiger partial charge in [-0.25, -0.2) is 13.2 Å². The zero-order valence-corrected chi connectivity index (χ0v) is 20.3. The van der Waals surface area contributed by atoms with E-state index in [1.807, 2.05) is 0 Å². The second-order valence-electron chi connectivity index (χ2n) is 7.34. The van der Waals surface area contributed by atoms with E-state index in [2.05, 4.69) is 5.32 Å². The quantitative estimate of drug-likeness (QED) is 0.555. The number of benzene rings is 1. The van der Waals surface area contributed by atoms with Crippen LogP contribution < -0.4 is 14.8 Å². The van der Waals surface area contributed by atoms with Gasteiger partial charge < -0.3 is 24.1 Å². The normalized spacial score (nSPS) is 16.5. The van der Waals surface area contributed by atoms with Crippen molar-refractivity contribution in [2.24, 2.45) is 7.05 Å². The van der Waals surface area contributed by atoms with Gasteiger partial charge in [-0.05, 0) is 25.8 Å². The summed E-state index contributed by atoms with van der Waals surface area (Å²) < 4.78 is 44.6. The van der Waals surface area contributed by atoms with Crippen LogP contribution in [0.25, 0.3) is 0 Å². The summed E-state index contributed by atoms with van der Waals surface area (Å²) in [4.78, 5) is 25.1. The van der Waals surface area contributed by atoms with Crippen molar-refractivity contribution in [3.63, 3.8) is 0 Å². The number of anilines is 1. The van der Waals surface area contributed by atoms with Crippen LogP contribution in [0.3, 0.4) is 0 Å². The highest BCUT2D eigenvalue weighted by atomic mass is 35.5. The molecule has 1 aromatic heterocycles. The lowest BCUT2D eigenvalue weighted by Gasteiger charge is -2.23. The minimum Gasteiger partial charge on any atom is -0.497 e. The molecule has 0 bridgehead atoms. The number of esters is 1. The molecular weight excluding hydrogens is 474 g/mol. The molecule has 12 heteroatoms. The van der Waals surface area contributed by atoms with Crippen LogP contribution in [0.4, 0.5) is 5.69 Å². The number of aryl methyl sites for hydroxylation is 1. The van der Waals surface area contributed by atoms with E-state index in [1.165, 1.54) is 37.1 Å². The highest BCUT2D eigenvalue weighted by molar-refractivity contribution is 7.89. The minimum absolute atomic E-state index is 0.0900. The largest absolute Gasteiger partial charge is 0.497 e. The van der Waals surface area contributed by atoms with Crippen LogP contribution in [-0.2, 0) is 26.6 Å². The van der Waals surface area contributed by atoms with Gasteiger partial charge in [-0.1, -0.05) is 11.6 Å². The van der Waals surface area contributed by atoms with Crippen molar-refractivity contribution in [2.45, 2.75) is 30.7 Å². The molecule has 180 valence electrons. The third-order valence-electron chi connectivity index (χ3n) is 5.31. The number of nitrogens with one attached hydrogen (secondary N) is 1. The van der Waals surface area contributed by atoms with E-state index < -0.39 is 27.9 Å². The van der Waals surface area contributed by atoms with E-state index in [1.54, 1.807) is 20.0 Å². The van der Waals surface area contributed by atoms with Crippen LogP contribution in [0.2, 0.25) is 5.02 Å². The predicted molar refractivity (Wildman–Crippen MR) is 121 cm³/mol. The maximum absolute atomic E-state index is 13.3. The Kier molecular flexibility index (Phi) is 7.55. The number of halogens is 1. The number of aromatic nitrogens is 1. The summed E-state index contributed by atoms with van der Waals surface area (Å²) in [5.41, 5.74) is 0.323. The molecule has 0 unspecified atom stereocenters. The van der Waals surface area contributed by atoms with E-state index in [0.29, 0.717) is 18.6 Å². The van der Waals surface area contributed by atoms with Gasteiger partial charge in [-0.3, -0.25) is 4.79 Å². The zero-order valence-electron chi connectivity index (χ0n) is 18.8. The van der Waals surface area contributed by atoms with Crippen LogP contribution in [0.5, 0.6) is 11.5 Å². The number of methoxy groups -OCH3 is 2. The monoisotopic (exact) mass is 499 g/mol. The number of rotatable bonds is 8.